The van der Waals surface area contributed by atoms with Crippen molar-refractivity contribution < 1.29 is 44.7 Å². The van der Waals surface area contributed by atoms with Crippen molar-refractivity contribution >= 4 is 10.1 Å². The number of halogens is 3. The fourth-order valence-corrected chi connectivity index (χ4v) is 0. The molecule has 0 saturated heterocycles. The van der Waals surface area contributed by atoms with Crippen LogP contribution in [0.2, 0.25) is 0 Å². The average Bonchev–Trinajstić information content (AvgIpc) is 1.25. The third kappa shape index (κ3) is 3.80. The molecular formula is CHF3O3SV. The molecule has 3 nitrogen and oxygen atoms in total. The molecule has 0 aromatic heterocycles. The van der Waals surface area contributed by atoms with Crippen LogP contribution in [0.1, 0.15) is 0 Å². The van der Waals surface area contributed by atoms with Gasteiger partial charge in [-0.2, -0.15) is 21.6 Å². The molecule has 0 aliphatic rings. The molecule has 0 unspecified atom stereocenters. The third-order valence-electron chi connectivity index (χ3n) is 0.292. The van der Waals surface area contributed by atoms with Crippen molar-refractivity contribution in [2.24, 2.45) is 0 Å². The van der Waals surface area contributed by atoms with Gasteiger partial charge in [0.2, 0.25) is 0 Å². The fraction of sp³-hybridized carbons (Fsp3) is 1.00. The van der Waals surface area contributed by atoms with E-state index >= 15 is 0 Å². The van der Waals surface area contributed by atoms with Gasteiger partial charge >= 0.3 is 15.6 Å². The molecule has 0 atom stereocenters. The summed E-state index contributed by atoms with van der Waals surface area (Å²) in [6.45, 7) is 0. The molecule has 8 heteroatoms. The molecule has 0 fully saturated rings. The Labute approximate surface area is 60.9 Å². The van der Waals surface area contributed by atoms with Crippen molar-refractivity contribution in [2.75, 3.05) is 0 Å². The molecular weight excluding hydrogens is 200 g/mol. The molecule has 1 radical (unpaired) electrons. The van der Waals surface area contributed by atoms with E-state index in [2.05, 4.69) is 0 Å². The summed E-state index contributed by atoms with van der Waals surface area (Å²) in [4.78, 5) is 0. The van der Waals surface area contributed by atoms with E-state index in [0.29, 0.717) is 0 Å². The molecule has 0 aliphatic carbocycles. The van der Waals surface area contributed by atoms with Gasteiger partial charge in [0.1, 0.15) is 0 Å². The van der Waals surface area contributed by atoms with Gasteiger partial charge in [-0.15, -0.1) is 0 Å². The van der Waals surface area contributed by atoms with Crippen LogP contribution in [0.25, 0.3) is 0 Å². The van der Waals surface area contributed by atoms with Gasteiger partial charge in [-0.1, -0.05) is 0 Å². The zero-order valence-electron chi connectivity index (χ0n) is 3.75. The van der Waals surface area contributed by atoms with Crippen LogP contribution in [0.3, 0.4) is 0 Å². The molecule has 0 rings (SSSR count). The Balaban J connectivity index is 0. The van der Waals surface area contributed by atoms with Crippen LogP contribution >= 0.6 is 0 Å². The Morgan fingerprint density at radius 3 is 1.33 bits per heavy atom. The Morgan fingerprint density at radius 1 is 1.22 bits per heavy atom. The van der Waals surface area contributed by atoms with Crippen LogP contribution in [-0.4, -0.2) is 18.5 Å². The van der Waals surface area contributed by atoms with Crippen molar-refractivity contribution in [1.29, 1.82) is 0 Å². The van der Waals surface area contributed by atoms with Gasteiger partial charge < -0.3 is 0 Å². The minimum absolute atomic E-state index is 0. The first-order chi connectivity index (χ1) is 3.25. The second-order valence-electron chi connectivity index (χ2n) is 0.921. The van der Waals surface area contributed by atoms with Gasteiger partial charge in [-0.05, 0) is 0 Å². The second-order valence-corrected chi connectivity index (χ2v) is 2.33. The van der Waals surface area contributed by atoms with Gasteiger partial charge in [-0.25, -0.2) is 0 Å². The van der Waals surface area contributed by atoms with E-state index in [1.54, 1.807) is 0 Å². The SMILES string of the molecule is O=S(=O)(O)C(F)(F)F.[V]. The molecule has 0 bridgehead atoms. The minimum atomic E-state index is -5.84. The predicted molar refractivity (Wildman–Crippen MR) is 17.6 cm³/mol. The van der Waals surface area contributed by atoms with Gasteiger partial charge in [-0.3, -0.25) is 4.55 Å². The molecule has 0 aromatic carbocycles. The topological polar surface area (TPSA) is 54.4 Å². The van der Waals surface area contributed by atoms with E-state index in [1.165, 1.54) is 0 Å². The maximum Gasteiger partial charge on any atom is 0.522 e. The minimum Gasteiger partial charge on any atom is -0.279 e. The third-order valence-corrected chi connectivity index (χ3v) is 0.877. The van der Waals surface area contributed by atoms with Gasteiger partial charge in [0, 0.05) is 18.6 Å². The van der Waals surface area contributed by atoms with Crippen LogP contribution in [0, 0.1) is 0 Å². The second kappa shape index (κ2) is 2.91. The Kier molecular flexibility index (Phi) is 3.89. The number of alkyl halides is 3. The zero-order valence-corrected chi connectivity index (χ0v) is 5.97. The summed E-state index contributed by atoms with van der Waals surface area (Å²) in [5.74, 6) is 0. The monoisotopic (exact) mass is 201 g/mol. The summed E-state index contributed by atoms with van der Waals surface area (Å²) < 4.78 is 57.5. The molecule has 55 valence electrons. The summed E-state index contributed by atoms with van der Waals surface area (Å²) in [6.07, 6.45) is 0. The molecule has 0 heterocycles. The van der Waals surface area contributed by atoms with E-state index < -0.39 is 15.6 Å². The summed E-state index contributed by atoms with van der Waals surface area (Å²) in [6, 6.07) is 0. The quantitative estimate of drug-likeness (QED) is 0.455. The number of hydrogen-bond acceptors (Lipinski definition) is 2. The normalized spacial score (nSPS) is 12.4. The summed E-state index contributed by atoms with van der Waals surface area (Å²) >= 11 is 0. The molecule has 0 spiro atoms. The largest absolute Gasteiger partial charge is 0.522 e. The van der Waals surface area contributed by atoms with Crippen LogP contribution in [0.4, 0.5) is 13.2 Å². The van der Waals surface area contributed by atoms with Crippen LogP contribution in [0.15, 0.2) is 0 Å². The standard InChI is InChI=1S/CHF3O3S.V/c2-1(3,4)8(5,6)7;/h(H,5,6,7);. The van der Waals surface area contributed by atoms with Crippen molar-refractivity contribution in [3.63, 3.8) is 0 Å². The van der Waals surface area contributed by atoms with E-state index in [9.17, 15) is 13.2 Å². The maximum atomic E-state index is 10.7. The smallest absolute Gasteiger partial charge is 0.279 e. The van der Waals surface area contributed by atoms with Crippen molar-refractivity contribution in [1.82, 2.24) is 0 Å². The Bertz CT molecular complexity index is 168. The fourth-order valence-electron chi connectivity index (χ4n) is 0. The predicted octanol–water partition coefficient (Wildman–Crippen LogP) is 0.392. The molecule has 0 amide bonds. The van der Waals surface area contributed by atoms with Gasteiger partial charge in [0.05, 0.1) is 0 Å². The first-order valence-electron chi connectivity index (χ1n) is 1.29. The van der Waals surface area contributed by atoms with Crippen molar-refractivity contribution in [3.05, 3.63) is 0 Å². The Hall–Kier alpha value is 0.284. The van der Waals surface area contributed by atoms with Crippen LogP contribution < -0.4 is 0 Å². The molecule has 0 aromatic rings. The summed E-state index contributed by atoms with van der Waals surface area (Å²) in [7, 11) is -5.84. The number of hydrogen-bond donors (Lipinski definition) is 1. The Morgan fingerprint density at radius 2 is 1.33 bits per heavy atom. The maximum absolute atomic E-state index is 10.7. The summed E-state index contributed by atoms with van der Waals surface area (Å²) in [5.41, 5.74) is -5.53. The summed E-state index contributed by atoms with van der Waals surface area (Å²) in [5, 5.41) is 0. The first kappa shape index (κ1) is 12.0. The zero-order chi connectivity index (χ0) is 7.00. The average molecular weight is 201 g/mol. The van der Waals surface area contributed by atoms with Gasteiger partial charge in [0.15, 0.2) is 0 Å². The molecule has 1 N–H and O–H groups in total. The van der Waals surface area contributed by atoms with E-state index in [1.807, 2.05) is 0 Å². The molecule has 0 aliphatic heterocycles. The van der Waals surface area contributed by atoms with Crippen molar-refractivity contribution in [3.8, 4) is 0 Å². The van der Waals surface area contributed by atoms with Crippen molar-refractivity contribution in [2.45, 2.75) is 5.51 Å². The van der Waals surface area contributed by atoms with E-state index in [0.717, 1.165) is 0 Å². The van der Waals surface area contributed by atoms with Crippen LogP contribution in [-0.2, 0) is 28.7 Å². The van der Waals surface area contributed by atoms with E-state index in [4.69, 9.17) is 13.0 Å². The van der Waals surface area contributed by atoms with E-state index in [-0.39, 0.29) is 18.6 Å². The van der Waals surface area contributed by atoms with Gasteiger partial charge in [0.25, 0.3) is 0 Å². The number of rotatable bonds is 0. The molecule has 9 heavy (non-hydrogen) atoms. The van der Waals surface area contributed by atoms with Crippen LogP contribution in [0.5, 0.6) is 0 Å². The molecule has 0 saturated carbocycles. The first-order valence-corrected chi connectivity index (χ1v) is 2.73.